The van der Waals surface area contributed by atoms with E-state index in [1.165, 1.54) is 0 Å². The van der Waals surface area contributed by atoms with Gasteiger partial charge in [-0.25, -0.2) is 0 Å². The Morgan fingerprint density at radius 3 is 1.77 bits per heavy atom. The van der Waals surface area contributed by atoms with Crippen LogP contribution in [-0.2, 0) is 4.79 Å². The first kappa shape index (κ1) is 17.8. The van der Waals surface area contributed by atoms with Crippen LogP contribution in [0.25, 0.3) is 0 Å². The van der Waals surface area contributed by atoms with E-state index in [1.807, 2.05) is 5.32 Å². The number of nitrogens with zero attached hydrogens (tertiary/aromatic N) is 2. The van der Waals surface area contributed by atoms with Crippen molar-refractivity contribution in [2.45, 2.75) is 19.3 Å². The van der Waals surface area contributed by atoms with Crippen LogP contribution in [0, 0.1) is 0 Å². The van der Waals surface area contributed by atoms with E-state index in [1.54, 1.807) is 0 Å². The lowest BCUT2D eigenvalue weighted by Gasteiger charge is -2.12. The van der Waals surface area contributed by atoms with Crippen molar-refractivity contribution < 1.29 is 40.6 Å². The molecule has 0 radical (unpaired) electrons. The molecule has 12 heteroatoms. The highest BCUT2D eigenvalue weighted by Crippen LogP contribution is 2.23. The van der Waals surface area contributed by atoms with Gasteiger partial charge in [0, 0.05) is 6.92 Å². The van der Waals surface area contributed by atoms with Crippen LogP contribution in [0.4, 0.5) is 32.3 Å². The summed E-state index contributed by atoms with van der Waals surface area (Å²) in [5.74, 6) is -2.64. The number of amides is 1. The largest absolute Gasteiger partial charge is 0.468 e. The fourth-order valence-corrected chi connectivity index (χ4v) is 1.08. The van der Waals surface area contributed by atoms with Gasteiger partial charge in [0.15, 0.2) is 13.2 Å². The highest BCUT2D eigenvalue weighted by Gasteiger charge is 2.30. The second-order valence-electron chi connectivity index (χ2n) is 3.86. The van der Waals surface area contributed by atoms with Crippen molar-refractivity contribution in [1.29, 1.82) is 0 Å². The lowest BCUT2D eigenvalue weighted by Crippen LogP contribution is -2.21. The number of halogens is 6. The zero-order valence-electron chi connectivity index (χ0n) is 10.9. The summed E-state index contributed by atoms with van der Waals surface area (Å²) < 4.78 is 80.8. The molecule has 6 nitrogen and oxygen atoms in total. The van der Waals surface area contributed by atoms with Gasteiger partial charge in [-0.15, -0.1) is 0 Å². The van der Waals surface area contributed by atoms with Gasteiger partial charge < -0.3 is 9.47 Å². The summed E-state index contributed by atoms with van der Waals surface area (Å²) in [5.41, 5.74) is 0. The Bertz CT molecular complexity index is 495. The summed E-state index contributed by atoms with van der Waals surface area (Å²) in [6, 6.07) is 0.642. The molecule has 0 unspecified atom stereocenters. The zero-order chi connectivity index (χ0) is 17.0. The van der Waals surface area contributed by atoms with Crippen molar-refractivity contribution in [3.8, 4) is 11.8 Å². The Morgan fingerprint density at radius 1 is 1.05 bits per heavy atom. The summed E-state index contributed by atoms with van der Waals surface area (Å²) in [6.45, 7) is -2.40. The molecule has 1 heterocycles. The van der Waals surface area contributed by atoms with Crippen LogP contribution in [0.1, 0.15) is 6.92 Å². The van der Waals surface area contributed by atoms with Crippen LogP contribution in [0.15, 0.2) is 6.07 Å². The van der Waals surface area contributed by atoms with Crippen molar-refractivity contribution in [2.24, 2.45) is 0 Å². The summed E-state index contributed by atoms with van der Waals surface area (Å²) in [6.07, 6.45) is -9.35. The fraction of sp³-hybridized carbons (Fsp3) is 0.500. The molecule has 0 bridgehead atoms. The number of aromatic nitrogens is 2. The summed E-state index contributed by atoms with van der Waals surface area (Å²) in [5, 5.41) is 2.00. The molecule has 22 heavy (non-hydrogen) atoms. The molecular formula is C10H9F6N3O3. The quantitative estimate of drug-likeness (QED) is 0.837. The van der Waals surface area contributed by atoms with Gasteiger partial charge in [0.25, 0.3) is 0 Å². The number of anilines is 1. The number of ether oxygens (including phenoxy) is 2. The van der Waals surface area contributed by atoms with E-state index in [0.29, 0.717) is 6.07 Å². The third-order valence-electron chi connectivity index (χ3n) is 1.73. The minimum atomic E-state index is -4.67. The first-order valence-corrected chi connectivity index (χ1v) is 5.50. The Balaban J connectivity index is 2.92. The first-order valence-electron chi connectivity index (χ1n) is 5.50. The van der Waals surface area contributed by atoms with Crippen molar-refractivity contribution in [3.05, 3.63) is 6.07 Å². The van der Waals surface area contributed by atoms with E-state index in [4.69, 9.17) is 0 Å². The molecule has 124 valence electrons. The predicted molar refractivity (Wildman–Crippen MR) is 59.4 cm³/mol. The maximum Gasteiger partial charge on any atom is 0.422 e. The van der Waals surface area contributed by atoms with E-state index in [2.05, 4.69) is 19.4 Å². The Morgan fingerprint density at radius 2 is 1.45 bits per heavy atom. The van der Waals surface area contributed by atoms with Crippen LogP contribution >= 0.6 is 0 Å². The topological polar surface area (TPSA) is 73.3 Å². The van der Waals surface area contributed by atoms with Gasteiger partial charge in [-0.05, 0) is 0 Å². The molecule has 0 saturated carbocycles. The van der Waals surface area contributed by atoms with Gasteiger partial charge >= 0.3 is 12.4 Å². The molecule has 0 fully saturated rings. The molecule has 0 aromatic carbocycles. The lowest BCUT2D eigenvalue weighted by atomic mass is 10.5. The standard InChI is InChI=1S/C10H9F6N3O3/c1-5(20)17-8-18-6(21-3-9(11,12)13)2-7(19-8)22-4-10(14,15)16/h2H,3-4H2,1H3,(H,17,18,19,20). The van der Waals surface area contributed by atoms with Crippen LogP contribution < -0.4 is 14.8 Å². The molecule has 1 rings (SSSR count). The second-order valence-corrected chi connectivity index (χ2v) is 3.86. The van der Waals surface area contributed by atoms with E-state index in [9.17, 15) is 31.1 Å². The SMILES string of the molecule is CC(=O)Nc1nc(OCC(F)(F)F)cc(OCC(F)(F)F)n1. The van der Waals surface area contributed by atoms with Crippen molar-refractivity contribution >= 4 is 11.9 Å². The summed E-state index contributed by atoms with van der Waals surface area (Å²) >= 11 is 0. The predicted octanol–water partition coefficient (Wildman–Crippen LogP) is 2.32. The summed E-state index contributed by atoms with van der Waals surface area (Å²) in [7, 11) is 0. The van der Waals surface area contributed by atoms with Gasteiger partial charge in [0.05, 0.1) is 6.07 Å². The first-order chi connectivity index (χ1) is 9.94. The minimum absolute atomic E-state index is 0.552. The number of nitrogens with one attached hydrogen (secondary N) is 1. The third kappa shape index (κ3) is 7.50. The Labute approximate surface area is 119 Å². The zero-order valence-corrected chi connectivity index (χ0v) is 10.9. The van der Waals surface area contributed by atoms with Gasteiger partial charge in [-0.2, -0.15) is 36.3 Å². The van der Waals surface area contributed by atoms with Crippen molar-refractivity contribution in [3.63, 3.8) is 0 Å². The molecule has 0 saturated heterocycles. The van der Waals surface area contributed by atoms with E-state index in [-0.39, 0.29) is 0 Å². The van der Waals surface area contributed by atoms with Crippen LogP contribution in [0.3, 0.4) is 0 Å². The number of hydrogen-bond acceptors (Lipinski definition) is 5. The highest BCUT2D eigenvalue weighted by atomic mass is 19.4. The molecule has 0 aliphatic rings. The molecular weight excluding hydrogens is 324 g/mol. The number of carbonyl (C=O) groups excluding carboxylic acids is 1. The van der Waals surface area contributed by atoms with Crippen LogP contribution in [0.5, 0.6) is 11.8 Å². The van der Waals surface area contributed by atoms with Gasteiger partial charge in [-0.3, -0.25) is 10.1 Å². The number of carbonyl (C=O) groups is 1. The second kappa shape index (κ2) is 6.66. The molecule has 1 aromatic rings. The maximum atomic E-state index is 12.0. The number of alkyl halides is 6. The molecule has 1 aromatic heterocycles. The summed E-state index contributed by atoms with van der Waals surface area (Å²) in [4.78, 5) is 17.6. The van der Waals surface area contributed by atoms with E-state index in [0.717, 1.165) is 6.92 Å². The van der Waals surface area contributed by atoms with E-state index >= 15 is 0 Å². The van der Waals surface area contributed by atoms with Crippen molar-refractivity contribution in [1.82, 2.24) is 9.97 Å². The minimum Gasteiger partial charge on any atom is -0.468 e. The van der Waals surface area contributed by atoms with Gasteiger partial charge in [0.1, 0.15) is 0 Å². The third-order valence-corrected chi connectivity index (χ3v) is 1.73. The van der Waals surface area contributed by atoms with Gasteiger partial charge in [-0.1, -0.05) is 0 Å². The monoisotopic (exact) mass is 333 g/mol. The molecule has 0 aliphatic heterocycles. The molecule has 0 atom stereocenters. The highest BCUT2D eigenvalue weighted by molar-refractivity contribution is 5.86. The number of hydrogen-bond donors (Lipinski definition) is 1. The van der Waals surface area contributed by atoms with Crippen LogP contribution in [0.2, 0.25) is 0 Å². The average molecular weight is 333 g/mol. The van der Waals surface area contributed by atoms with E-state index < -0.39 is 49.2 Å². The Kier molecular flexibility index (Phi) is 5.38. The van der Waals surface area contributed by atoms with Crippen molar-refractivity contribution in [2.75, 3.05) is 18.5 Å². The molecule has 0 spiro atoms. The smallest absolute Gasteiger partial charge is 0.422 e. The number of rotatable bonds is 5. The normalized spacial score (nSPS) is 12.0. The lowest BCUT2D eigenvalue weighted by molar-refractivity contribution is -0.154. The van der Waals surface area contributed by atoms with Gasteiger partial charge in [0.2, 0.25) is 23.6 Å². The molecule has 0 aliphatic carbocycles. The maximum absolute atomic E-state index is 12.0. The Hall–Kier alpha value is -2.27. The molecule has 1 amide bonds. The van der Waals surface area contributed by atoms with Crippen LogP contribution in [-0.4, -0.2) is 41.4 Å². The molecule has 1 N–H and O–H groups in total. The average Bonchev–Trinajstić information content (AvgIpc) is 2.31. The fourth-order valence-electron chi connectivity index (χ4n) is 1.08.